The summed E-state index contributed by atoms with van der Waals surface area (Å²) in [5, 5.41) is 6.17. The van der Waals surface area contributed by atoms with Crippen molar-refractivity contribution in [2.75, 3.05) is 18.5 Å². The van der Waals surface area contributed by atoms with Crippen LogP contribution >= 0.6 is 11.6 Å². The van der Waals surface area contributed by atoms with Gasteiger partial charge in [-0.3, -0.25) is 0 Å². The average Bonchev–Trinajstić information content (AvgIpc) is 2.56. The van der Waals surface area contributed by atoms with E-state index >= 15 is 0 Å². The van der Waals surface area contributed by atoms with Crippen molar-refractivity contribution >= 4 is 23.3 Å². The van der Waals surface area contributed by atoms with Gasteiger partial charge in [0.2, 0.25) is 0 Å². The second kappa shape index (κ2) is 8.60. The molecule has 0 spiro atoms. The third kappa shape index (κ3) is 5.17. The van der Waals surface area contributed by atoms with Crippen LogP contribution in [0.3, 0.4) is 0 Å². The highest BCUT2D eigenvalue weighted by Gasteiger charge is 2.06. The van der Waals surface area contributed by atoms with Gasteiger partial charge in [-0.25, -0.2) is 4.79 Å². The maximum Gasteiger partial charge on any atom is 0.319 e. The Kier molecular flexibility index (Phi) is 6.50. The van der Waals surface area contributed by atoms with Gasteiger partial charge in [0.25, 0.3) is 0 Å². The predicted molar refractivity (Wildman–Crippen MR) is 99.2 cm³/mol. The molecule has 2 amide bonds. The van der Waals surface area contributed by atoms with E-state index < -0.39 is 0 Å². The number of urea groups is 1. The van der Waals surface area contributed by atoms with Crippen molar-refractivity contribution in [2.45, 2.75) is 26.7 Å². The van der Waals surface area contributed by atoms with Crippen molar-refractivity contribution in [2.24, 2.45) is 0 Å². The number of ether oxygens (including phenoxy) is 1. The second-order valence-electron chi connectivity index (χ2n) is 5.87. The van der Waals surface area contributed by atoms with Crippen molar-refractivity contribution < 1.29 is 9.53 Å². The molecule has 4 nitrogen and oxygen atoms in total. The van der Waals surface area contributed by atoms with Crippen LogP contribution in [0.2, 0.25) is 5.02 Å². The Morgan fingerprint density at radius 2 is 1.88 bits per heavy atom. The van der Waals surface area contributed by atoms with Gasteiger partial charge in [0.1, 0.15) is 12.4 Å². The lowest BCUT2D eigenvalue weighted by atomic mass is 10.0. The molecule has 0 aliphatic rings. The highest BCUT2D eigenvalue weighted by atomic mass is 35.5. The van der Waals surface area contributed by atoms with Crippen molar-refractivity contribution in [3.8, 4) is 5.75 Å². The molecule has 2 rings (SSSR count). The first-order chi connectivity index (χ1) is 11.5. The van der Waals surface area contributed by atoms with Gasteiger partial charge in [-0.2, -0.15) is 0 Å². The number of carbonyl (C=O) groups is 1. The molecule has 24 heavy (non-hydrogen) atoms. The van der Waals surface area contributed by atoms with Crippen LogP contribution in [0.1, 0.15) is 30.9 Å². The molecule has 128 valence electrons. The van der Waals surface area contributed by atoms with Crippen LogP contribution in [0, 0.1) is 6.92 Å². The highest BCUT2D eigenvalue weighted by Crippen LogP contribution is 2.22. The van der Waals surface area contributed by atoms with E-state index in [4.69, 9.17) is 16.3 Å². The van der Waals surface area contributed by atoms with Crippen molar-refractivity contribution in [3.05, 3.63) is 58.6 Å². The molecule has 2 N–H and O–H groups in total. The minimum Gasteiger partial charge on any atom is -0.492 e. The van der Waals surface area contributed by atoms with Gasteiger partial charge < -0.3 is 15.4 Å². The molecule has 2 aromatic carbocycles. The molecule has 0 aliphatic carbocycles. The zero-order chi connectivity index (χ0) is 17.5. The second-order valence-corrected chi connectivity index (χ2v) is 6.27. The van der Waals surface area contributed by atoms with Gasteiger partial charge in [-0.1, -0.05) is 43.6 Å². The Hall–Kier alpha value is -2.20. The van der Waals surface area contributed by atoms with Crippen molar-refractivity contribution in [3.63, 3.8) is 0 Å². The first kappa shape index (κ1) is 18.1. The molecule has 0 unspecified atom stereocenters. The fourth-order valence-electron chi connectivity index (χ4n) is 2.19. The minimum atomic E-state index is -0.279. The summed E-state index contributed by atoms with van der Waals surface area (Å²) in [7, 11) is 0. The van der Waals surface area contributed by atoms with Crippen LogP contribution in [0.15, 0.2) is 42.5 Å². The normalized spacial score (nSPS) is 10.5. The number of halogens is 1. The Bertz CT molecular complexity index is 684. The number of amides is 2. The number of rotatable bonds is 6. The van der Waals surface area contributed by atoms with Gasteiger partial charge in [-0.15, -0.1) is 0 Å². The predicted octanol–water partition coefficient (Wildman–Crippen LogP) is 4.97. The van der Waals surface area contributed by atoms with Crippen molar-refractivity contribution in [1.82, 2.24) is 5.32 Å². The van der Waals surface area contributed by atoms with E-state index in [0.717, 1.165) is 11.3 Å². The van der Waals surface area contributed by atoms with E-state index in [1.165, 1.54) is 5.56 Å². The zero-order valence-electron chi connectivity index (χ0n) is 14.2. The summed E-state index contributed by atoms with van der Waals surface area (Å²) in [6.45, 7) is 6.99. The number of nitrogens with one attached hydrogen (secondary N) is 2. The van der Waals surface area contributed by atoms with E-state index in [9.17, 15) is 4.79 Å². The van der Waals surface area contributed by atoms with E-state index in [1.54, 1.807) is 12.1 Å². The molecular weight excluding hydrogens is 324 g/mol. The lowest BCUT2D eigenvalue weighted by molar-refractivity contribution is 0.247. The summed E-state index contributed by atoms with van der Waals surface area (Å²) >= 11 is 6.03. The third-order valence-corrected chi connectivity index (χ3v) is 4.13. The number of carbonyl (C=O) groups excluding carboxylic acids is 1. The molecule has 0 heterocycles. The summed E-state index contributed by atoms with van der Waals surface area (Å²) < 4.78 is 5.62. The van der Waals surface area contributed by atoms with Crippen LogP contribution in [0.25, 0.3) is 0 Å². The maximum atomic E-state index is 11.9. The summed E-state index contributed by atoms with van der Waals surface area (Å²) in [6.07, 6.45) is 0. The highest BCUT2D eigenvalue weighted by molar-refractivity contribution is 6.31. The fourth-order valence-corrected chi connectivity index (χ4v) is 2.37. The average molecular weight is 347 g/mol. The van der Waals surface area contributed by atoms with Gasteiger partial charge >= 0.3 is 6.03 Å². The summed E-state index contributed by atoms with van der Waals surface area (Å²) in [5.41, 5.74) is 2.82. The van der Waals surface area contributed by atoms with Crippen molar-refractivity contribution in [1.29, 1.82) is 0 Å². The molecule has 0 aromatic heterocycles. The molecule has 0 atom stereocenters. The first-order valence-electron chi connectivity index (χ1n) is 8.00. The third-order valence-electron chi connectivity index (χ3n) is 3.72. The first-order valence-corrected chi connectivity index (χ1v) is 8.38. The topological polar surface area (TPSA) is 50.4 Å². The largest absolute Gasteiger partial charge is 0.492 e. The standard InChI is InChI=1S/C19H23ClN2O2/c1-13(2)15-7-9-16(10-8-15)24-12-11-21-19(23)22-18-6-4-5-17(20)14(18)3/h4-10,13H,11-12H2,1-3H3,(H2,21,22,23). The SMILES string of the molecule is Cc1c(Cl)cccc1NC(=O)NCCOc1ccc(C(C)C)cc1. The van der Waals surface area contributed by atoms with E-state index in [1.807, 2.05) is 25.1 Å². The molecule has 0 saturated carbocycles. The van der Waals surface area contributed by atoms with Gasteiger partial charge in [-0.05, 0) is 48.2 Å². The number of benzene rings is 2. The smallest absolute Gasteiger partial charge is 0.319 e. The zero-order valence-corrected chi connectivity index (χ0v) is 15.0. The summed E-state index contributed by atoms with van der Waals surface area (Å²) in [6, 6.07) is 13.1. The van der Waals surface area contributed by atoms with Crippen LogP contribution in [-0.2, 0) is 0 Å². The van der Waals surface area contributed by atoms with Gasteiger partial charge in [0.05, 0.1) is 6.54 Å². The molecule has 0 fully saturated rings. The number of hydrogen-bond donors (Lipinski definition) is 2. The Morgan fingerprint density at radius 1 is 1.17 bits per heavy atom. The summed E-state index contributed by atoms with van der Waals surface area (Å²) in [5.74, 6) is 1.30. The van der Waals surface area contributed by atoms with Gasteiger partial charge in [0, 0.05) is 10.7 Å². The summed E-state index contributed by atoms with van der Waals surface area (Å²) in [4.78, 5) is 11.9. The van der Waals surface area contributed by atoms with Crippen LogP contribution in [0.5, 0.6) is 5.75 Å². The van der Waals surface area contributed by atoms with E-state index in [0.29, 0.717) is 29.8 Å². The van der Waals surface area contributed by atoms with Crippen LogP contribution < -0.4 is 15.4 Å². The molecule has 2 aromatic rings. The Balaban J connectivity index is 1.73. The Labute approximate surface area is 148 Å². The van der Waals surface area contributed by atoms with Crippen LogP contribution in [-0.4, -0.2) is 19.2 Å². The Morgan fingerprint density at radius 3 is 2.54 bits per heavy atom. The van der Waals surface area contributed by atoms with E-state index in [2.05, 4.69) is 36.6 Å². The van der Waals surface area contributed by atoms with Gasteiger partial charge in [0.15, 0.2) is 0 Å². The molecule has 0 bridgehead atoms. The molecule has 0 radical (unpaired) electrons. The lowest BCUT2D eigenvalue weighted by Gasteiger charge is -2.12. The molecule has 0 aliphatic heterocycles. The molecular formula is C19H23ClN2O2. The maximum absolute atomic E-state index is 11.9. The monoisotopic (exact) mass is 346 g/mol. The molecule has 0 saturated heterocycles. The number of anilines is 1. The van der Waals surface area contributed by atoms with Crippen LogP contribution in [0.4, 0.5) is 10.5 Å². The lowest BCUT2D eigenvalue weighted by Crippen LogP contribution is -2.32. The fraction of sp³-hybridized carbons (Fsp3) is 0.316. The number of hydrogen-bond acceptors (Lipinski definition) is 2. The quantitative estimate of drug-likeness (QED) is 0.725. The van der Waals surface area contributed by atoms with E-state index in [-0.39, 0.29) is 6.03 Å². The molecule has 5 heteroatoms. The minimum absolute atomic E-state index is 0.279.